The van der Waals surface area contributed by atoms with E-state index in [-0.39, 0.29) is 0 Å². The lowest BCUT2D eigenvalue weighted by Crippen LogP contribution is -2.24. The van der Waals surface area contributed by atoms with Crippen molar-refractivity contribution in [2.75, 3.05) is 24.2 Å². The van der Waals surface area contributed by atoms with Crippen molar-refractivity contribution in [2.45, 2.75) is 25.8 Å². The first-order valence-corrected chi connectivity index (χ1v) is 11.0. The van der Waals surface area contributed by atoms with Gasteiger partial charge in [0.1, 0.15) is 17.3 Å². The molecule has 0 bridgehead atoms. The Kier molecular flexibility index (Phi) is 5.96. The number of hydrogen-bond acceptors (Lipinski definition) is 5. The maximum Gasteiger partial charge on any atom is 0.170 e. The predicted octanol–water partition coefficient (Wildman–Crippen LogP) is 4.67. The highest BCUT2D eigenvalue weighted by molar-refractivity contribution is 7.84. The van der Waals surface area contributed by atoms with Gasteiger partial charge in [-0.1, -0.05) is 34.8 Å². The third-order valence-corrected chi connectivity index (χ3v) is 5.74. The van der Waals surface area contributed by atoms with Crippen LogP contribution in [0.4, 0.5) is 5.82 Å². The quantitative estimate of drug-likeness (QED) is 0.570. The molecule has 0 amide bonds. The van der Waals surface area contributed by atoms with Gasteiger partial charge in [0, 0.05) is 24.4 Å². The Bertz CT molecular complexity index is 1030. The molecule has 0 fully saturated rings. The minimum Gasteiger partial charge on any atom is -0.356 e. The molecule has 0 saturated heterocycles. The molecule has 144 valence electrons. The summed E-state index contributed by atoms with van der Waals surface area (Å²) in [5.41, 5.74) is 0.939. The maximum atomic E-state index is 12.4. The SMILES string of the molecule is CCN(CC)c1nc(C)nc2c1c(S(C)=O)nn2-c1c(Cl)cc(Cl)cc1Cl. The van der Waals surface area contributed by atoms with Gasteiger partial charge in [-0.2, -0.15) is 5.10 Å². The van der Waals surface area contributed by atoms with Crippen molar-refractivity contribution in [2.24, 2.45) is 0 Å². The molecule has 1 unspecified atom stereocenters. The molecule has 0 spiro atoms. The number of rotatable bonds is 5. The molecule has 0 aliphatic heterocycles. The van der Waals surface area contributed by atoms with Crippen molar-refractivity contribution in [1.29, 1.82) is 0 Å². The van der Waals surface area contributed by atoms with Gasteiger partial charge in [0.05, 0.1) is 26.2 Å². The molecule has 2 heterocycles. The van der Waals surface area contributed by atoms with Gasteiger partial charge < -0.3 is 4.90 Å². The number of fused-ring (bicyclic) bond motifs is 1. The Morgan fingerprint density at radius 1 is 1.11 bits per heavy atom. The second kappa shape index (κ2) is 7.91. The minimum atomic E-state index is -1.36. The van der Waals surface area contributed by atoms with Gasteiger partial charge in [-0.25, -0.2) is 14.6 Å². The van der Waals surface area contributed by atoms with Crippen molar-refractivity contribution in [3.8, 4) is 5.69 Å². The Hall–Kier alpha value is -1.41. The topological polar surface area (TPSA) is 63.9 Å². The van der Waals surface area contributed by atoms with Gasteiger partial charge in [-0.3, -0.25) is 4.21 Å². The van der Waals surface area contributed by atoms with Gasteiger partial charge in [0.2, 0.25) is 0 Å². The average Bonchev–Trinajstić information content (AvgIpc) is 2.94. The number of halogens is 3. The summed E-state index contributed by atoms with van der Waals surface area (Å²) in [5.74, 6) is 1.26. The summed E-state index contributed by atoms with van der Waals surface area (Å²) in [7, 11) is -1.36. The molecule has 10 heteroatoms. The van der Waals surface area contributed by atoms with Crippen LogP contribution in [-0.4, -0.2) is 43.3 Å². The normalized spacial score (nSPS) is 12.6. The Balaban J connectivity index is 2.45. The van der Waals surface area contributed by atoms with Gasteiger partial charge in [-0.15, -0.1) is 0 Å². The predicted molar refractivity (Wildman–Crippen MR) is 112 cm³/mol. The zero-order valence-corrected chi connectivity index (χ0v) is 18.3. The molecule has 1 aromatic carbocycles. The Morgan fingerprint density at radius 2 is 1.70 bits per heavy atom. The molecular formula is C17H18Cl3N5OS. The Morgan fingerprint density at radius 3 is 2.22 bits per heavy atom. The van der Waals surface area contributed by atoms with Crippen LogP contribution in [0, 0.1) is 6.92 Å². The lowest BCUT2D eigenvalue weighted by Gasteiger charge is -2.21. The fraction of sp³-hybridized carbons (Fsp3) is 0.353. The molecule has 0 N–H and O–H groups in total. The third-order valence-electron chi connectivity index (χ3n) is 4.12. The zero-order chi connectivity index (χ0) is 19.9. The number of anilines is 1. The second-order valence-electron chi connectivity index (χ2n) is 5.85. The van der Waals surface area contributed by atoms with Gasteiger partial charge in [-0.05, 0) is 32.9 Å². The number of hydrogen-bond donors (Lipinski definition) is 0. The second-order valence-corrected chi connectivity index (χ2v) is 8.40. The van der Waals surface area contributed by atoms with Crippen LogP contribution in [0.5, 0.6) is 0 Å². The molecule has 3 rings (SSSR count). The first-order valence-electron chi connectivity index (χ1n) is 8.29. The van der Waals surface area contributed by atoms with Crippen molar-refractivity contribution >= 4 is 62.5 Å². The molecule has 0 radical (unpaired) electrons. The molecule has 0 aliphatic carbocycles. The summed E-state index contributed by atoms with van der Waals surface area (Å²) in [6.07, 6.45) is 1.57. The van der Waals surface area contributed by atoms with Crippen LogP contribution in [0.3, 0.4) is 0 Å². The average molecular weight is 447 g/mol. The van der Waals surface area contributed by atoms with Gasteiger partial charge in [0.15, 0.2) is 10.7 Å². The van der Waals surface area contributed by atoms with Crippen LogP contribution < -0.4 is 4.90 Å². The highest BCUT2D eigenvalue weighted by Gasteiger charge is 2.25. The molecular weight excluding hydrogens is 429 g/mol. The summed E-state index contributed by atoms with van der Waals surface area (Å²) in [5, 5.41) is 6.62. The van der Waals surface area contributed by atoms with Crippen LogP contribution >= 0.6 is 34.8 Å². The summed E-state index contributed by atoms with van der Waals surface area (Å²) in [6.45, 7) is 7.35. The number of aryl methyl sites for hydroxylation is 1. The van der Waals surface area contributed by atoms with Crippen molar-refractivity contribution in [3.63, 3.8) is 0 Å². The highest BCUT2D eigenvalue weighted by Crippen LogP contribution is 2.36. The van der Waals surface area contributed by atoms with Gasteiger partial charge >= 0.3 is 0 Å². The zero-order valence-electron chi connectivity index (χ0n) is 15.3. The largest absolute Gasteiger partial charge is 0.356 e. The smallest absolute Gasteiger partial charge is 0.170 e. The first-order chi connectivity index (χ1) is 12.8. The number of benzene rings is 1. The van der Waals surface area contributed by atoms with Crippen LogP contribution in [0.1, 0.15) is 19.7 Å². The van der Waals surface area contributed by atoms with E-state index in [0.717, 1.165) is 13.1 Å². The number of nitrogens with zero attached hydrogens (tertiary/aromatic N) is 5. The van der Waals surface area contributed by atoms with E-state index < -0.39 is 10.8 Å². The third kappa shape index (κ3) is 3.66. The van der Waals surface area contributed by atoms with Gasteiger partial charge in [0.25, 0.3) is 0 Å². The molecule has 0 aliphatic rings. The standard InChI is InChI=1S/C17H18Cl3N5OS/c1-5-24(6-2)15-13-16(22-9(3)21-15)25(23-17(13)27(4)26)14-11(19)7-10(18)8-12(14)20/h7-8H,5-6H2,1-4H3. The molecule has 27 heavy (non-hydrogen) atoms. The van der Waals surface area contributed by atoms with Crippen molar-refractivity contribution < 1.29 is 4.21 Å². The fourth-order valence-corrected chi connectivity index (χ4v) is 4.57. The maximum absolute atomic E-state index is 12.4. The van der Waals surface area contributed by atoms with Crippen molar-refractivity contribution in [1.82, 2.24) is 19.7 Å². The summed E-state index contributed by atoms with van der Waals surface area (Å²) in [6, 6.07) is 3.17. The van der Waals surface area contributed by atoms with E-state index in [2.05, 4.69) is 20.0 Å². The van der Waals surface area contributed by atoms with E-state index in [1.807, 2.05) is 13.8 Å². The van der Waals surface area contributed by atoms with E-state index in [9.17, 15) is 4.21 Å². The first kappa shape index (κ1) is 20.3. The highest BCUT2D eigenvalue weighted by atomic mass is 35.5. The lowest BCUT2D eigenvalue weighted by molar-refractivity contribution is 0.682. The number of aromatic nitrogens is 4. The van der Waals surface area contributed by atoms with Crippen LogP contribution in [-0.2, 0) is 10.8 Å². The van der Waals surface area contributed by atoms with E-state index in [1.165, 1.54) is 4.68 Å². The summed E-state index contributed by atoms with van der Waals surface area (Å²) < 4.78 is 14.0. The van der Waals surface area contributed by atoms with Crippen molar-refractivity contribution in [3.05, 3.63) is 33.0 Å². The Labute approximate surface area is 174 Å². The minimum absolute atomic E-state index is 0.325. The fourth-order valence-electron chi connectivity index (χ4n) is 2.92. The molecule has 0 saturated carbocycles. The lowest BCUT2D eigenvalue weighted by atomic mass is 10.3. The van der Waals surface area contributed by atoms with Crippen LogP contribution in [0.15, 0.2) is 17.2 Å². The monoisotopic (exact) mass is 445 g/mol. The molecule has 1 atom stereocenters. The summed E-state index contributed by atoms with van der Waals surface area (Å²) >= 11 is 18.8. The van der Waals surface area contributed by atoms with E-state index in [0.29, 0.717) is 48.5 Å². The van der Waals surface area contributed by atoms with E-state index in [1.54, 1.807) is 25.3 Å². The molecule has 6 nitrogen and oxygen atoms in total. The molecule has 2 aromatic heterocycles. The van der Waals surface area contributed by atoms with Crippen LogP contribution in [0.2, 0.25) is 15.1 Å². The van der Waals surface area contributed by atoms with Crippen LogP contribution in [0.25, 0.3) is 16.7 Å². The molecule has 3 aromatic rings. The van der Waals surface area contributed by atoms with E-state index >= 15 is 0 Å². The van der Waals surface area contributed by atoms with E-state index in [4.69, 9.17) is 34.8 Å². The summed E-state index contributed by atoms with van der Waals surface area (Å²) in [4.78, 5) is 11.2.